The topological polar surface area (TPSA) is 157 Å². The molecule has 1 aliphatic heterocycles. The first-order chi connectivity index (χ1) is 15.8. The Balaban J connectivity index is 2.15. The van der Waals surface area contributed by atoms with Gasteiger partial charge in [0.25, 0.3) is 0 Å². The molecule has 33 heavy (non-hydrogen) atoms. The molecule has 11 heteroatoms. The number of nitrogens with one attached hydrogen (secondary N) is 4. The fourth-order valence-electron chi connectivity index (χ4n) is 3.47. The average molecular weight is 481 g/mol. The Hall–Kier alpha value is -2.63. The van der Waals surface area contributed by atoms with Crippen LogP contribution in [0, 0.1) is 0 Å². The van der Waals surface area contributed by atoms with Crippen LogP contribution in [0.1, 0.15) is 24.8 Å². The van der Waals surface area contributed by atoms with Crippen molar-refractivity contribution in [2.24, 2.45) is 0 Å². The van der Waals surface area contributed by atoms with Gasteiger partial charge in [0.15, 0.2) is 0 Å². The van der Waals surface area contributed by atoms with E-state index in [2.05, 4.69) is 21.3 Å². The Bertz CT molecular complexity index is 803. The van der Waals surface area contributed by atoms with E-state index in [4.69, 9.17) is 5.11 Å². The molecule has 2 rings (SSSR count). The molecule has 3 amide bonds. The first-order valence-electron chi connectivity index (χ1n) is 10.9. The summed E-state index contributed by atoms with van der Waals surface area (Å²) >= 11 is 1.53. The maximum absolute atomic E-state index is 13.1. The number of aliphatic hydroxyl groups excluding tert-OH is 1. The SMILES string of the molecule is CSCCC(NC(=O)C1CCCN1)C(=O)NC(Cc1ccccc1)C(=O)NC(CO)C(=O)O. The number of carbonyl (C=O) groups is 4. The van der Waals surface area contributed by atoms with E-state index < -0.39 is 42.5 Å². The van der Waals surface area contributed by atoms with E-state index in [1.54, 1.807) is 24.3 Å². The van der Waals surface area contributed by atoms with E-state index in [0.717, 1.165) is 18.5 Å². The Morgan fingerprint density at radius 1 is 1.06 bits per heavy atom. The van der Waals surface area contributed by atoms with Gasteiger partial charge in [-0.3, -0.25) is 14.4 Å². The molecule has 182 valence electrons. The minimum atomic E-state index is -1.49. The lowest BCUT2D eigenvalue weighted by atomic mass is 10.0. The molecule has 0 saturated carbocycles. The lowest BCUT2D eigenvalue weighted by Gasteiger charge is -2.25. The summed E-state index contributed by atoms with van der Waals surface area (Å²) < 4.78 is 0. The Morgan fingerprint density at radius 3 is 2.30 bits per heavy atom. The van der Waals surface area contributed by atoms with Crippen LogP contribution in [-0.2, 0) is 25.6 Å². The number of benzene rings is 1. The molecule has 1 aromatic carbocycles. The van der Waals surface area contributed by atoms with Crippen molar-refractivity contribution in [1.82, 2.24) is 21.3 Å². The van der Waals surface area contributed by atoms with Crippen molar-refractivity contribution >= 4 is 35.5 Å². The molecule has 4 unspecified atom stereocenters. The van der Waals surface area contributed by atoms with Crippen molar-refractivity contribution in [1.29, 1.82) is 0 Å². The van der Waals surface area contributed by atoms with Crippen molar-refractivity contribution in [3.8, 4) is 0 Å². The molecular formula is C22H32N4O6S. The minimum absolute atomic E-state index is 0.115. The van der Waals surface area contributed by atoms with E-state index in [0.29, 0.717) is 18.6 Å². The third-order valence-corrected chi connectivity index (χ3v) is 5.98. The monoisotopic (exact) mass is 480 g/mol. The molecule has 10 nitrogen and oxygen atoms in total. The summed E-state index contributed by atoms with van der Waals surface area (Å²) in [5.74, 6) is -2.28. The third kappa shape index (κ3) is 8.67. The zero-order valence-electron chi connectivity index (χ0n) is 18.6. The lowest BCUT2D eigenvalue weighted by Crippen LogP contribution is -2.58. The molecule has 0 spiro atoms. The summed E-state index contributed by atoms with van der Waals surface area (Å²) in [6.07, 6.45) is 3.96. The summed E-state index contributed by atoms with van der Waals surface area (Å²) in [6.45, 7) is -0.0391. The molecule has 0 bridgehead atoms. The van der Waals surface area contributed by atoms with Gasteiger partial charge < -0.3 is 31.5 Å². The molecule has 1 aromatic rings. The van der Waals surface area contributed by atoms with Crippen LogP contribution >= 0.6 is 11.8 Å². The van der Waals surface area contributed by atoms with Crippen LogP contribution in [0.25, 0.3) is 0 Å². The highest BCUT2D eigenvalue weighted by Gasteiger charge is 2.31. The smallest absolute Gasteiger partial charge is 0.328 e. The predicted octanol–water partition coefficient (Wildman–Crippen LogP) is -0.734. The van der Waals surface area contributed by atoms with Crippen molar-refractivity contribution in [2.45, 2.75) is 49.9 Å². The number of hydrogen-bond donors (Lipinski definition) is 6. The van der Waals surface area contributed by atoms with Crippen LogP contribution in [0.5, 0.6) is 0 Å². The highest BCUT2D eigenvalue weighted by Crippen LogP contribution is 2.09. The van der Waals surface area contributed by atoms with Crippen molar-refractivity contribution < 1.29 is 29.4 Å². The second-order valence-corrected chi connectivity index (χ2v) is 8.81. The number of aliphatic carboxylic acids is 1. The number of aliphatic hydroxyl groups is 1. The largest absolute Gasteiger partial charge is 0.480 e. The van der Waals surface area contributed by atoms with Crippen molar-refractivity contribution in [3.05, 3.63) is 35.9 Å². The van der Waals surface area contributed by atoms with Gasteiger partial charge in [-0.25, -0.2) is 4.79 Å². The minimum Gasteiger partial charge on any atom is -0.480 e. The van der Waals surface area contributed by atoms with Gasteiger partial charge in [-0.05, 0) is 43.4 Å². The summed E-state index contributed by atoms with van der Waals surface area (Å²) in [7, 11) is 0. The molecule has 1 fully saturated rings. The van der Waals surface area contributed by atoms with Crippen LogP contribution in [0.4, 0.5) is 0 Å². The van der Waals surface area contributed by atoms with Gasteiger partial charge in [0.05, 0.1) is 12.6 Å². The quantitative estimate of drug-likeness (QED) is 0.216. The van der Waals surface area contributed by atoms with E-state index in [1.165, 1.54) is 11.8 Å². The van der Waals surface area contributed by atoms with Gasteiger partial charge >= 0.3 is 5.97 Å². The van der Waals surface area contributed by atoms with Crippen LogP contribution < -0.4 is 21.3 Å². The molecule has 1 aliphatic rings. The van der Waals surface area contributed by atoms with Crippen molar-refractivity contribution in [2.75, 3.05) is 25.2 Å². The third-order valence-electron chi connectivity index (χ3n) is 5.33. The van der Waals surface area contributed by atoms with Crippen LogP contribution in [0.3, 0.4) is 0 Å². The molecular weight excluding hydrogens is 448 g/mol. The highest BCUT2D eigenvalue weighted by atomic mass is 32.2. The molecule has 6 N–H and O–H groups in total. The fourth-order valence-corrected chi connectivity index (χ4v) is 3.95. The fraction of sp³-hybridized carbons (Fsp3) is 0.545. The van der Waals surface area contributed by atoms with Gasteiger partial charge in [-0.2, -0.15) is 11.8 Å². The van der Waals surface area contributed by atoms with Crippen LogP contribution in [0.15, 0.2) is 30.3 Å². The summed E-state index contributed by atoms with van der Waals surface area (Å²) in [4.78, 5) is 49.7. The number of rotatable bonds is 13. The van der Waals surface area contributed by atoms with Gasteiger partial charge in [0.2, 0.25) is 17.7 Å². The van der Waals surface area contributed by atoms with Crippen LogP contribution in [-0.4, -0.2) is 83.2 Å². The molecule has 1 saturated heterocycles. The average Bonchev–Trinajstić information content (AvgIpc) is 3.35. The second-order valence-electron chi connectivity index (χ2n) is 7.82. The zero-order chi connectivity index (χ0) is 24.2. The molecule has 1 heterocycles. The Morgan fingerprint density at radius 2 is 1.73 bits per heavy atom. The first kappa shape index (κ1) is 26.6. The molecule has 0 aliphatic carbocycles. The first-order valence-corrected chi connectivity index (χ1v) is 12.3. The number of hydrogen-bond acceptors (Lipinski definition) is 7. The predicted molar refractivity (Wildman–Crippen MR) is 125 cm³/mol. The Labute approximate surface area is 197 Å². The maximum atomic E-state index is 13.1. The molecule has 0 aromatic heterocycles. The summed E-state index contributed by atoms with van der Waals surface area (Å²) in [5.41, 5.74) is 0.758. The van der Waals surface area contributed by atoms with Gasteiger partial charge in [-0.1, -0.05) is 30.3 Å². The van der Waals surface area contributed by atoms with Gasteiger partial charge in [-0.15, -0.1) is 0 Å². The summed E-state index contributed by atoms with van der Waals surface area (Å²) in [6, 6.07) is 5.18. The van der Waals surface area contributed by atoms with E-state index in [9.17, 15) is 24.3 Å². The van der Waals surface area contributed by atoms with Crippen LogP contribution in [0.2, 0.25) is 0 Å². The van der Waals surface area contributed by atoms with Gasteiger partial charge in [0.1, 0.15) is 18.1 Å². The number of carboxylic acid groups (broad SMARTS) is 1. The Kier molecular flexibility index (Phi) is 11.1. The number of thioether (sulfide) groups is 1. The lowest BCUT2D eigenvalue weighted by molar-refractivity contribution is -0.143. The number of carboxylic acids is 1. The van der Waals surface area contributed by atoms with E-state index in [-0.39, 0.29) is 18.4 Å². The number of carbonyl (C=O) groups excluding carboxylic acids is 3. The molecule has 4 atom stereocenters. The normalized spacial score (nSPS) is 18.1. The second kappa shape index (κ2) is 13.8. The van der Waals surface area contributed by atoms with Gasteiger partial charge in [0, 0.05) is 6.42 Å². The molecule has 0 radical (unpaired) electrons. The standard InChI is InChI=1S/C22H32N4O6S/c1-33-11-9-16(24-19(28)15-8-5-10-23-15)20(29)25-17(12-14-6-3-2-4-7-14)21(30)26-18(13-27)22(31)32/h2-4,6-7,15-18,23,27H,5,8-13H2,1H3,(H,24,28)(H,25,29)(H,26,30)(H,31,32). The number of amides is 3. The maximum Gasteiger partial charge on any atom is 0.328 e. The zero-order valence-corrected chi connectivity index (χ0v) is 19.4. The van der Waals surface area contributed by atoms with E-state index >= 15 is 0 Å². The van der Waals surface area contributed by atoms with E-state index in [1.807, 2.05) is 12.3 Å². The highest BCUT2D eigenvalue weighted by molar-refractivity contribution is 7.98. The summed E-state index contributed by atoms with van der Waals surface area (Å²) in [5, 5.41) is 29.2. The van der Waals surface area contributed by atoms with Crippen molar-refractivity contribution in [3.63, 3.8) is 0 Å².